The predicted octanol–water partition coefficient (Wildman–Crippen LogP) is 3.97. The summed E-state index contributed by atoms with van der Waals surface area (Å²) in [6.45, 7) is 3.90. The molecule has 0 unspecified atom stereocenters. The van der Waals surface area contributed by atoms with Crippen molar-refractivity contribution in [3.05, 3.63) is 83.9 Å². The summed E-state index contributed by atoms with van der Waals surface area (Å²) >= 11 is 0. The van der Waals surface area contributed by atoms with Gasteiger partial charge in [-0.05, 0) is 54.3 Å². The number of amides is 4. The molecule has 8 nitrogen and oxygen atoms in total. The Morgan fingerprint density at radius 1 is 0.529 bits per heavy atom. The number of hydrogen-bond acceptors (Lipinski definition) is 4. The number of rotatable bonds is 6. The lowest BCUT2D eigenvalue weighted by Gasteiger charge is -2.11. The topological polar surface area (TPSA) is 116 Å². The van der Waals surface area contributed by atoms with E-state index in [2.05, 4.69) is 21.3 Å². The van der Waals surface area contributed by atoms with E-state index in [1.54, 1.807) is 42.5 Å². The SMILES string of the molecule is CCc1ccccc1NC(=O)C(=O)Nc1cccc(NC(=O)C(=O)Nc2ccccc2CC)c1. The molecule has 0 heterocycles. The largest absolute Gasteiger partial charge is 0.318 e. The summed E-state index contributed by atoms with van der Waals surface area (Å²) in [6.07, 6.45) is 1.41. The van der Waals surface area contributed by atoms with Gasteiger partial charge in [0.25, 0.3) is 0 Å². The number of para-hydroxylation sites is 2. The van der Waals surface area contributed by atoms with Gasteiger partial charge in [0.05, 0.1) is 0 Å². The molecular weight excluding hydrogens is 432 g/mol. The van der Waals surface area contributed by atoms with Crippen LogP contribution in [0.15, 0.2) is 72.8 Å². The third-order valence-corrected chi connectivity index (χ3v) is 5.08. The normalized spacial score (nSPS) is 10.2. The molecule has 4 amide bonds. The molecule has 0 saturated carbocycles. The Kier molecular flexibility index (Phi) is 8.12. The number of aryl methyl sites for hydroxylation is 2. The van der Waals surface area contributed by atoms with Crippen LogP contribution in [0, 0.1) is 0 Å². The van der Waals surface area contributed by atoms with Gasteiger partial charge in [-0.1, -0.05) is 56.3 Å². The fourth-order valence-corrected chi connectivity index (χ4v) is 3.31. The molecule has 0 spiro atoms. The molecule has 0 fully saturated rings. The Morgan fingerprint density at radius 2 is 0.912 bits per heavy atom. The first kappa shape index (κ1) is 24.2. The molecule has 34 heavy (non-hydrogen) atoms. The minimum atomic E-state index is -0.858. The van der Waals surface area contributed by atoms with E-state index in [9.17, 15) is 19.2 Å². The zero-order chi connectivity index (χ0) is 24.5. The molecule has 0 atom stereocenters. The van der Waals surface area contributed by atoms with Gasteiger partial charge in [-0.25, -0.2) is 0 Å². The standard InChI is InChI=1S/C26H26N4O4/c1-3-17-10-5-7-14-21(17)29-25(33)23(31)27-19-12-9-13-20(16-19)28-24(32)26(34)30-22-15-8-6-11-18(22)4-2/h5-16H,3-4H2,1-2H3,(H,27,31)(H,28,32)(H,29,33)(H,30,34). The zero-order valence-corrected chi connectivity index (χ0v) is 19.0. The second-order valence-electron chi connectivity index (χ2n) is 7.42. The van der Waals surface area contributed by atoms with Crippen molar-refractivity contribution in [3.63, 3.8) is 0 Å². The fourth-order valence-electron chi connectivity index (χ4n) is 3.31. The monoisotopic (exact) mass is 458 g/mol. The first-order valence-electron chi connectivity index (χ1n) is 10.9. The molecule has 0 saturated heterocycles. The van der Waals surface area contributed by atoms with Crippen LogP contribution < -0.4 is 21.3 Å². The molecule has 0 aromatic heterocycles. The number of benzene rings is 3. The van der Waals surface area contributed by atoms with Crippen LogP contribution >= 0.6 is 0 Å². The van der Waals surface area contributed by atoms with Crippen LogP contribution in [0.1, 0.15) is 25.0 Å². The van der Waals surface area contributed by atoms with Crippen LogP contribution in [0.5, 0.6) is 0 Å². The summed E-state index contributed by atoms with van der Waals surface area (Å²) in [7, 11) is 0. The highest BCUT2D eigenvalue weighted by Gasteiger charge is 2.17. The van der Waals surface area contributed by atoms with Gasteiger partial charge in [-0.2, -0.15) is 0 Å². The summed E-state index contributed by atoms with van der Waals surface area (Å²) in [6, 6.07) is 20.6. The van der Waals surface area contributed by atoms with Crippen LogP contribution in [0.2, 0.25) is 0 Å². The maximum atomic E-state index is 12.3. The van der Waals surface area contributed by atoms with E-state index in [1.807, 2.05) is 38.1 Å². The molecule has 0 aliphatic rings. The Morgan fingerprint density at radius 3 is 1.32 bits per heavy atom. The maximum Gasteiger partial charge on any atom is 0.314 e. The number of hydrogen-bond donors (Lipinski definition) is 4. The number of nitrogens with one attached hydrogen (secondary N) is 4. The Bertz CT molecular complexity index is 1130. The lowest BCUT2D eigenvalue weighted by molar-refractivity contribution is -0.133. The molecular formula is C26H26N4O4. The van der Waals surface area contributed by atoms with E-state index in [-0.39, 0.29) is 0 Å². The summed E-state index contributed by atoms with van der Waals surface area (Å²) in [5.74, 6) is -3.35. The van der Waals surface area contributed by atoms with E-state index in [4.69, 9.17) is 0 Å². The number of anilines is 4. The minimum Gasteiger partial charge on any atom is -0.318 e. The molecule has 174 valence electrons. The zero-order valence-electron chi connectivity index (χ0n) is 19.0. The first-order valence-corrected chi connectivity index (χ1v) is 10.9. The molecule has 3 rings (SSSR count). The van der Waals surface area contributed by atoms with Gasteiger partial charge in [-0.15, -0.1) is 0 Å². The smallest absolute Gasteiger partial charge is 0.314 e. The summed E-state index contributed by atoms with van der Waals surface area (Å²) < 4.78 is 0. The van der Waals surface area contributed by atoms with Crippen LogP contribution in [0.3, 0.4) is 0 Å². The quantitative estimate of drug-likeness (QED) is 0.418. The second-order valence-corrected chi connectivity index (χ2v) is 7.42. The van der Waals surface area contributed by atoms with E-state index < -0.39 is 23.6 Å². The predicted molar refractivity (Wildman–Crippen MR) is 133 cm³/mol. The van der Waals surface area contributed by atoms with Gasteiger partial charge in [0.15, 0.2) is 0 Å². The van der Waals surface area contributed by atoms with Gasteiger partial charge >= 0.3 is 23.6 Å². The highest BCUT2D eigenvalue weighted by Crippen LogP contribution is 2.18. The highest BCUT2D eigenvalue weighted by molar-refractivity contribution is 6.44. The van der Waals surface area contributed by atoms with Crippen molar-refractivity contribution in [2.24, 2.45) is 0 Å². The van der Waals surface area contributed by atoms with Gasteiger partial charge in [0.2, 0.25) is 0 Å². The van der Waals surface area contributed by atoms with E-state index in [0.717, 1.165) is 11.1 Å². The first-order chi connectivity index (χ1) is 16.4. The van der Waals surface area contributed by atoms with E-state index in [0.29, 0.717) is 35.6 Å². The van der Waals surface area contributed by atoms with Gasteiger partial charge in [-0.3, -0.25) is 19.2 Å². The lowest BCUT2D eigenvalue weighted by atomic mass is 10.1. The minimum absolute atomic E-state index is 0.290. The average molecular weight is 459 g/mol. The van der Waals surface area contributed by atoms with Crippen molar-refractivity contribution in [2.45, 2.75) is 26.7 Å². The molecule has 3 aromatic carbocycles. The highest BCUT2D eigenvalue weighted by atomic mass is 16.2. The Hall–Kier alpha value is -4.46. The molecule has 0 aliphatic carbocycles. The molecule has 0 radical (unpaired) electrons. The van der Waals surface area contributed by atoms with Crippen molar-refractivity contribution >= 4 is 46.4 Å². The molecule has 0 aliphatic heterocycles. The van der Waals surface area contributed by atoms with Crippen LogP contribution in [-0.2, 0) is 32.0 Å². The van der Waals surface area contributed by atoms with Crippen LogP contribution in [0.25, 0.3) is 0 Å². The molecule has 8 heteroatoms. The van der Waals surface area contributed by atoms with Crippen molar-refractivity contribution in [3.8, 4) is 0 Å². The summed E-state index contributed by atoms with van der Waals surface area (Å²) in [4.78, 5) is 49.3. The second kappa shape index (κ2) is 11.4. The van der Waals surface area contributed by atoms with Crippen molar-refractivity contribution in [1.29, 1.82) is 0 Å². The number of carbonyl (C=O) groups is 4. The molecule has 3 aromatic rings. The van der Waals surface area contributed by atoms with Crippen molar-refractivity contribution < 1.29 is 19.2 Å². The van der Waals surface area contributed by atoms with Crippen LogP contribution in [-0.4, -0.2) is 23.6 Å². The van der Waals surface area contributed by atoms with Crippen molar-refractivity contribution in [2.75, 3.05) is 21.3 Å². The van der Waals surface area contributed by atoms with E-state index >= 15 is 0 Å². The average Bonchev–Trinajstić information content (AvgIpc) is 2.84. The van der Waals surface area contributed by atoms with Gasteiger partial charge in [0.1, 0.15) is 0 Å². The number of carbonyl (C=O) groups excluding carboxylic acids is 4. The van der Waals surface area contributed by atoms with E-state index in [1.165, 1.54) is 6.07 Å². The van der Waals surface area contributed by atoms with Crippen LogP contribution in [0.4, 0.5) is 22.7 Å². The lowest BCUT2D eigenvalue weighted by Crippen LogP contribution is -2.30. The van der Waals surface area contributed by atoms with Crippen molar-refractivity contribution in [1.82, 2.24) is 0 Å². The van der Waals surface area contributed by atoms with Gasteiger partial charge in [0, 0.05) is 22.7 Å². The fraction of sp³-hybridized carbons (Fsp3) is 0.154. The molecule has 0 bridgehead atoms. The Labute approximate surface area is 197 Å². The molecule has 4 N–H and O–H groups in total. The Balaban J connectivity index is 1.60. The third-order valence-electron chi connectivity index (χ3n) is 5.08. The summed E-state index contributed by atoms with van der Waals surface area (Å²) in [5.41, 5.74) is 3.54. The maximum absolute atomic E-state index is 12.3. The van der Waals surface area contributed by atoms with Gasteiger partial charge < -0.3 is 21.3 Å². The summed E-state index contributed by atoms with van der Waals surface area (Å²) in [5, 5.41) is 10.2. The third kappa shape index (κ3) is 6.29.